The van der Waals surface area contributed by atoms with E-state index in [4.69, 9.17) is 0 Å². The minimum absolute atomic E-state index is 0.383. The van der Waals surface area contributed by atoms with Crippen molar-refractivity contribution < 1.29 is 0 Å². The number of hydrogen-bond acceptors (Lipinski definition) is 4. The number of rotatable bonds is 5. The monoisotopic (exact) mass is 278 g/mol. The smallest absolute Gasteiger partial charge is 0.0809 e. The highest BCUT2D eigenvalue weighted by atomic mass is 32.2. The van der Waals surface area contributed by atoms with Crippen molar-refractivity contribution in [2.24, 2.45) is 0 Å². The Morgan fingerprint density at radius 2 is 2.39 bits per heavy atom. The molecule has 2 aromatic rings. The van der Waals surface area contributed by atoms with Crippen LogP contribution in [0.1, 0.15) is 31.4 Å². The van der Waals surface area contributed by atoms with Gasteiger partial charge in [0.15, 0.2) is 0 Å². The maximum Gasteiger partial charge on any atom is 0.0809 e. The highest BCUT2D eigenvalue weighted by Crippen LogP contribution is 2.46. The Balaban J connectivity index is 1.69. The first-order valence-electron chi connectivity index (χ1n) is 6.34. The first-order chi connectivity index (χ1) is 8.72. The molecule has 96 valence electrons. The van der Waals surface area contributed by atoms with Crippen LogP contribution < -0.4 is 5.32 Å². The van der Waals surface area contributed by atoms with E-state index in [9.17, 15) is 0 Å². The Morgan fingerprint density at radius 3 is 3.11 bits per heavy atom. The molecular formula is C14H18N2S2. The zero-order chi connectivity index (χ0) is 12.6. The summed E-state index contributed by atoms with van der Waals surface area (Å²) >= 11 is 3.77. The summed E-state index contributed by atoms with van der Waals surface area (Å²) in [4.78, 5) is 4.51. The molecule has 2 heterocycles. The molecule has 0 aromatic carbocycles. The second kappa shape index (κ2) is 4.83. The van der Waals surface area contributed by atoms with E-state index in [-0.39, 0.29) is 0 Å². The quantitative estimate of drug-likeness (QED) is 0.899. The zero-order valence-electron chi connectivity index (χ0n) is 10.8. The van der Waals surface area contributed by atoms with Crippen LogP contribution in [0.3, 0.4) is 0 Å². The van der Waals surface area contributed by atoms with Crippen molar-refractivity contribution in [3.63, 3.8) is 0 Å². The number of pyridine rings is 1. The third-order valence-electron chi connectivity index (χ3n) is 3.79. The van der Waals surface area contributed by atoms with Gasteiger partial charge < -0.3 is 5.32 Å². The van der Waals surface area contributed by atoms with Crippen molar-refractivity contribution in [3.05, 3.63) is 29.3 Å². The summed E-state index contributed by atoms with van der Waals surface area (Å²) in [6.07, 6.45) is 6.94. The summed E-state index contributed by atoms with van der Waals surface area (Å²) < 4.78 is 1.81. The van der Waals surface area contributed by atoms with Gasteiger partial charge >= 0.3 is 0 Å². The maximum absolute atomic E-state index is 4.51. The normalized spacial score (nSPS) is 19.0. The van der Waals surface area contributed by atoms with Crippen LogP contribution in [0.2, 0.25) is 0 Å². The molecule has 1 fully saturated rings. The lowest BCUT2D eigenvalue weighted by Gasteiger charge is -2.18. The van der Waals surface area contributed by atoms with Gasteiger partial charge in [-0.2, -0.15) is 11.8 Å². The Morgan fingerprint density at radius 1 is 1.56 bits per heavy atom. The van der Waals surface area contributed by atoms with Crippen LogP contribution in [0.4, 0.5) is 0 Å². The summed E-state index contributed by atoms with van der Waals surface area (Å²) in [5.41, 5.74) is 2.40. The van der Waals surface area contributed by atoms with E-state index in [0.717, 1.165) is 12.1 Å². The van der Waals surface area contributed by atoms with Crippen LogP contribution in [0.25, 0.3) is 10.2 Å². The van der Waals surface area contributed by atoms with Gasteiger partial charge in [-0.25, -0.2) is 0 Å². The number of aromatic nitrogens is 1. The largest absolute Gasteiger partial charge is 0.309 e. The van der Waals surface area contributed by atoms with Crippen LogP contribution in [0.15, 0.2) is 23.7 Å². The second-order valence-corrected chi connectivity index (χ2v) is 7.28. The first-order valence-corrected chi connectivity index (χ1v) is 8.45. The molecule has 2 nitrogen and oxygen atoms in total. The number of nitrogens with zero attached hydrogens (tertiary/aromatic N) is 1. The van der Waals surface area contributed by atoms with Crippen LogP contribution in [0, 0.1) is 0 Å². The molecule has 1 N–H and O–H groups in total. The average molecular weight is 278 g/mol. The van der Waals surface area contributed by atoms with Gasteiger partial charge in [-0.15, -0.1) is 11.3 Å². The van der Waals surface area contributed by atoms with E-state index in [1.807, 2.05) is 18.0 Å². The molecule has 0 saturated heterocycles. The highest BCUT2D eigenvalue weighted by molar-refractivity contribution is 8.00. The molecule has 0 aliphatic heterocycles. The molecule has 1 aliphatic rings. The van der Waals surface area contributed by atoms with Crippen molar-refractivity contribution in [1.82, 2.24) is 10.3 Å². The zero-order valence-corrected chi connectivity index (χ0v) is 12.4. The fraction of sp³-hybridized carbons (Fsp3) is 0.500. The Labute approximate surface area is 116 Å². The lowest BCUT2D eigenvalue weighted by molar-refractivity contribution is 0.563. The van der Waals surface area contributed by atoms with E-state index >= 15 is 0 Å². The fourth-order valence-electron chi connectivity index (χ4n) is 2.15. The van der Waals surface area contributed by atoms with E-state index in [2.05, 4.69) is 41.0 Å². The van der Waals surface area contributed by atoms with E-state index in [1.165, 1.54) is 23.1 Å². The molecule has 4 heteroatoms. The lowest BCUT2D eigenvalue weighted by Crippen LogP contribution is -2.28. The van der Waals surface area contributed by atoms with Gasteiger partial charge in [0.25, 0.3) is 0 Å². The number of hydrogen-bond donors (Lipinski definition) is 1. The lowest BCUT2D eigenvalue weighted by atomic mass is 10.1. The van der Waals surface area contributed by atoms with E-state index in [1.54, 1.807) is 11.3 Å². The molecule has 1 saturated carbocycles. The second-order valence-electron chi connectivity index (χ2n) is 5.06. The predicted octanol–water partition coefficient (Wildman–Crippen LogP) is 3.84. The number of thioether (sulfide) groups is 1. The molecule has 18 heavy (non-hydrogen) atoms. The molecule has 1 atom stereocenters. The predicted molar refractivity (Wildman–Crippen MR) is 81.5 cm³/mol. The molecule has 0 spiro atoms. The summed E-state index contributed by atoms with van der Waals surface area (Å²) in [5.74, 6) is 0. The van der Waals surface area contributed by atoms with Gasteiger partial charge in [-0.3, -0.25) is 4.98 Å². The van der Waals surface area contributed by atoms with Crippen molar-refractivity contribution in [2.45, 2.75) is 30.6 Å². The molecule has 2 aromatic heterocycles. The number of fused-ring (bicyclic) bond motifs is 1. The van der Waals surface area contributed by atoms with Crippen LogP contribution in [0.5, 0.6) is 0 Å². The summed E-state index contributed by atoms with van der Waals surface area (Å²) in [6.45, 7) is 3.34. The molecule has 3 rings (SSSR count). The topological polar surface area (TPSA) is 24.9 Å². The van der Waals surface area contributed by atoms with Crippen molar-refractivity contribution >= 4 is 33.3 Å². The van der Waals surface area contributed by atoms with Gasteiger partial charge in [0.2, 0.25) is 0 Å². The van der Waals surface area contributed by atoms with E-state index in [0.29, 0.717) is 10.8 Å². The molecule has 0 amide bonds. The minimum Gasteiger partial charge on any atom is -0.309 e. The summed E-state index contributed by atoms with van der Waals surface area (Å²) in [5, 5.41) is 5.76. The van der Waals surface area contributed by atoms with Gasteiger partial charge in [-0.05, 0) is 49.1 Å². The minimum atomic E-state index is 0.383. The maximum atomic E-state index is 4.51. The molecule has 0 bridgehead atoms. The van der Waals surface area contributed by atoms with Crippen LogP contribution >= 0.6 is 23.1 Å². The Kier molecular flexibility index (Phi) is 3.34. The molecule has 1 aliphatic carbocycles. The van der Waals surface area contributed by atoms with Crippen molar-refractivity contribution in [1.29, 1.82) is 0 Å². The fourth-order valence-corrected chi connectivity index (χ4v) is 3.68. The molecular weight excluding hydrogens is 260 g/mol. The van der Waals surface area contributed by atoms with Gasteiger partial charge in [0.1, 0.15) is 0 Å². The van der Waals surface area contributed by atoms with Crippen LogP contribution in [-0.2, 0) is 0 Å². The Bertz CT molecular complexity index is 545. The van der Waals surface area contributed by atoms with Crippen molar-refractivity contribution in [2.75, 3.05) is 12.8 Å². The standard InChI is InChI=1S/C14H18N2S2/c1-10(16-9-14(17-2)4-5-14)11-7-13-12(15-8-11)3-6-18-13/h3,6-8,10,16H,4-5,9H2,1-2H3. The summed E-state index contributed by atoms with van der Waals surface area (Å²) in [7, 11) is 0. The number of nitrogens with one attached hydrogen (secondary N) is 1. The third-order valence-corrected chi connectivity index (χ3v) is 6.07. The van der Waals surface area contributed by atoms with Gasteiger partial charge in [-0.1, -0.05) is 0 Å². The van der Waals surface area contributed by atoms with Gasteiger partial charge in [0.05, 0.1) is 10.2 Å². The van der Waals surface area contributed by atoms with Gasteiger partial charge in [0, 0.05) is 23.5 Å². The third kappa shape index (κ3) is 2.42. The molecule has 1 unspecified atom stereocenters. The molecule has 0 radical (unpaired) electrons. The summed E-state index contributed by atoms with van der Waals surface area (Å²) in [6, 6.07) is 4.73. The van der Waals surface area contributed by atoms with Crippen molar-refractivity contribution in [3.8, 4) is 0 Å². The SMILES string of the molecule is CSC1(CNC(C)c2cnc3ccsc3c2)CC1. The Hall–Kier alpha value is -0.580. The van der Waals surface area contributed by atoms with Crippen LogP contribution in [-0.4, -0.2) is 22.5 Å². The van der Waals surface area contributed by atoms with E-state index < -0.39 is 0 Å². The first kappa shape index (κ1) is 12.5. The number of thiophene rings is 1. The highest BCUT2D eigenvalue weighted by Gasteiger charge is 2.41. The average Bonchev–Trinajstić information content (AvgIpc) is 3.04.